The largest absolute Gasteiger partial charge is 0.349 e. The van der Waals surface area contributed by atoms with Gasteiger partial charge in [0.15, 0.2) is 0 Å². The van der Waals surface area contributed by atoms with Crippen LogP contribution in [0.25, 0.3) is 21.9 Å². The minimum absolute atomic E-state index is 0.00696. The normalized spacial score (nSPS) is 26.0. The molecule has 37 heavy (non-hydrogen) atoms. The number of hydrogen-bond donors (Lipinski definition) is 2. The highest BCUT2D eigenvalue weighted by atomic mass is 19.1. The third kappa shape index (κ3) is 3.92. The first-order chi connectivity index (χ1) is 18.0. The van der Waals surface area contributed by atoms with Crippen LogP contribution in [0.15, 0.2) is 48.7 Å². The predicted octanol–water partition coefficient (Wildman–Crippen LogP) is 6.69. The number of nitrogens with zero attached hydrogens (tertiary/aromatic N) is 2. The molecule has 4 unspecified atom stereocenters. The Bertz CT molecular complexity index is 1510. The second-order valence-corrected chi connectivity index (χ2v) is 11.9. The number of carbonyl (C=O) groups is 1. The number of hydrogen-bond acceptors (Lipinski definition) is 3. The molecule has 0 radical (unpaired) electrons. The van der Waals surface area contributed by atoms with Gasteiger partial charge in [-0.05, 0) is 116 Å². The van der Waals surface area contributed by atoms with Gasteiger partial charge in [0.1, 0.15) is 11.6 Å². The zero-order valence-electron chi connectivity index (χ0n) is 21.3. The third-order valence-electron chi connectivity index (χ3n) is 9.79. The maximum atomic E-state index is 14.1. The lowest BCUT2D eigenvalue weighted by atomic mass is 9.69. The summed E-state index contributed by atoms with van der Waals surface area (Å²) in [6.45, 7) is 2.37. The molecule has 190 valence electrons. The second kappa shape index (κ2) is 8.64. The minimum atomic E-state index is -0.193. The summed E-state index contributed by atoms with van der Waals surface area (Å²) in [5.41, 5.74) is 4.97. The van der Waals surface area contributed by atoms with Gasteiger partial charge < -0.3 is 10.3 Å². The van der Waals surface area contributed by atoms with Crippen molar-refractivity contribution in [3.63, 3.8) is 0 Å². The Hall–Kier alpha value is -3.28. The van der Waals surface area contributed by atoms with E-state index >= 15 is 0 Å². The fraction of sp³-hybridized carbons (Fsp3) is 0.452. The standard InChI is InChI=1S/C31H33FN4O/c1-18(13-29-35-27-7-5-19(14-28(27)36-29)30(37)34-22-3-2-4-22)31-11-9-20(16-31)25(17-31)23-10-12-33-26-8-6-21(32)15-24(23)26/h5-8,10,12,14-15,18,20,22,25H,2-4,9,11,13,16-17H2,1H3,(H,34,37)(H,35,36). The van der Waals surface area contributed by atoms with Crippen molar-refractivity contribution in [2.75, 3.05) is 0 Å². The highest BCUT2D eigenvalue weighted by Gasteiger charge is 2.53. The summed E-state index contributed by atoms with van der Waals surface area (Å²) in [7, 11) is 0. The number of fused-ring (bicyclic) bond motifs is 4. The van der Waals surface area contributed by atoms with E-state index in [1.165, 1.54) is 37.3 Å². The average molecular weight is 497 g/mol. The molecule has 3 aliphatic rings. The lowest BCUT2D eigenvalue weighted by Gasteiger charge is -2.36. The van der Waals surface area contributed by atoms with E-state index in [2.05, 4.69) is 28.3 Å². The number of rotatable bonds is 6. The van der Waals surface area contributed by atoms with Gasteiger partial charge in [0, 0.05) is 29.6 Å². The van der Waals surface area contributed by atoms with Crippen molar-refractivity contribution in [2.24, 2.45) is 17.3 Å². The molecule has 2 aromatic heterocycles. The molecule has 4 aromatic rings. The number of nitrogens with one attached hydrogen (secondary N) is 2. The van der Waals surface area contributed by atoms with Crippen molar-refractivity contribution in [3.8, 4) is 0 Å². The molecule has 7 rings (SSSR count). The second-order valence-electron chi connectivity index (χ2n) is 11.9. The maximum Gasteiger partial charge on any atom is 0.251 e. The number of carbonyl (C=O) groups excluding carboxylic acids is 1. The van der Waals surface area contributed by atoms with Gasteiger partial charge in [-0.1, -0.05) is 6.92 Å². The van der Waals surface area contributed by atoms with Gasteiger partial charge >= 0.3 is 0 Å². The fourth-order valence-corrected chi connectivity index (χ4v) is 7.44. The van der Waals surface area contributed by atoms with Crippen LogP contribution >= 0.6 is 0 Å². The number of H-pyrrole nitrogens is 1. The van der Waals surface area contributed by atoms with E-state index in [0.29, 0.717) is 29.4 Å². The summed E-state index contributed by atoms with van der Waals surface area (Å²) in [4.78, 5) is 25.5. The first-order valence-corrected chi connectivity index (χ1v) is 13.8. The maximum absolute atomic E-state index is 14.1. The molecule has 1 amide bonds. The van der Waals surface area contributed by atoms with E-state index in [4.69, 9.17) is 4.98 Å². The highest BCUT2D eigenvalue weighted by Crippen LogP contribution is 2.64. The smallest absolute Gasteiger partial charge is 0.251 e. The Labute approximate surface area is 216 Å². The van der Waals surface area contributed by atoms with Gasteiger partial charge in [-0.2, -0.15) is 0 Å². The van der Waals surface area contributed by atoms with Crippen molar-refractivity contribution in [1.82, 2.24) is 20.3 Å². The van der Waals surface area contributed by atoms with Gasteiger partial charge in [0.05, 0.1) is 16.6 Å². The van der Waals surface area contributed by atoms with E-state index in [-0.39, 0.29) is 17.1 Å². The lowest BCUT2D eigenvalue weighted by Crippen LogP contribution is -2.39. The summed E-state index contributed by atoms with van der Waals surface area (Å²) in [6, 6.07) is 13.2. The van der Waals surface area contributed by atoms with E-state index in [9.17, 15) is 9.18 Å². The number of halogens is 1. The van der Waals surface area contributed by atoms with E-state index < -0.39 is 0 Å². The van der Waals surface area contributed by atoms with Crippen molar-refractivity contribution < 1.29 is 9.18 Å². The topological polar surface area (TPSA) is 70.7 Å². The Balaban J connectivity index is 1.10. The molecule has 4 atom stereocenters. The minimum Gasteiger partial charge on any atom is -0.349 e. The van der Waals surface area contributed by atoms with Crippen molar-refractivity contribution in [1.29, 1.82) is 0 Å². The zero-order chi connectivity index (χ0) is 25.1. The van der Waals surface area contributed by atoms with E-state index in [0.717, 1.165) is 53.4 Å². The van der Waals surface area contributed by atoms with Crippen LogP contribution in [-0.2, 0) is 6.42 Å². The van der Waals surface area contributed by atoms with Gasteiger partial charge in [-0.15, -0.1) is 0 Å². The van der Waals surface area contributed by atoms with Gasteiger partial charge in [-0.25, -0.2) is 9.37 Å². The summed E-state index contributed by atoms with van der Waals surface area (Å²) in [6.07, 6.45) is 11.0. The quantitative estimate of drug-likeness (QED) is 0.313. The van der Waals surface area contributed by atoms with Gasteiger partial charge in [0.25, 0.3) is 5.91 Å². The molecule has 3 saturated carbocycles. The van der Waals surface area contributed by atoms with Crippen LogP contribution in [0.4, 0.5) is 4.39 Å². The summed E-state index contributed by atoms with van der Waals surface area (Å²) in [5.74, 6) is 2.39. The average Bonchev–Trinajstić information content (AvgIpc) is 3.58. The van der Waals surface area contributed by atoms with Crippen LogP contribution in [0.2, 0.25) is 0 Å². The van der Waals surface area contributed by atoms with Gasteiger partial charge in [-0.3, -0.25) is 9.78 Å². The monoisotopic (exact) mass is 496 g/mol. The molecule has 3 fully saturated rings. The Kier molecular flexibility index (Phi) is 5.34. The van der Waals surface area contributed by atoms with Crippen LogP contribution in [0.5, 0.6) is 0 Å². The zero-order valence-corrected chi connectivity index (χ0v) is 21.3. The number of aromatic amines is 1. The highest BCUT2D eigenvalue weighted by molar-refractivity contribution is 5.97. The lowest BCUT2D eigenvalue weighted by molar-refractivity contribution is 0.0917. The number of amides is 1. The first kappa shape index (κ1) is 22.9. The van der Waals surface area contributed by atoms with Crippen molar-refractivity contribution in [3.05, 3.63) is 71.4 Å². The predicted molar refractivity (Wildman–Crippen MR) is 143 cm³/mol. The summed E-state index contributed by atoms with van der Waals surface area (Å²) < 4.78 is 14.1. The Morgan fingerprint density at radius 1 is 1.14 bits per heavy atom. The SMILES string of the molecule is CC(Cc1nc2ccc(C(=O)NC3CCC3)cc2[nH]1)C12CCC(C1)C(c1ccnc3ccc(F)cc13)C2. The molecular formula is C31H33FN4O. The van der Waals surface area contributed by atoms with Crippen LogP contribution < -0.4 is 5.32 Å². The fourth-order valence-electron chi connectivity index (χ4n) is 7.44. The third-order valence-corrected chi connectivity index (χ3v) is 9.79. The number of imidazole rings is 1. The molecule has 2 aromatic carbocycles. The molecule has 0 saturated heterocycles. The van der Waals surface area contributed by atoms with Crippen LogP contribution in [0, 0.1) is 23.1 Å². The van der Waals surface area contributed by atoms with Crippen molar-refractivity contribution >= 4 is 27.8 Å². The Morgan fingerprint density at radius 2 is 2.00 bits per heavy atom. The van der Waals surface area contributed by atoms with Crippen molar-refractivity contribution in [2.45, 2.75) is 70.3 Å². The van der Waals surface area contributed by atoms with Crippen LogP contribution in [-0.4, -0.2) is 26.9 Å². The molecule has 2 bridgehead atoms. The molecule has 0 aliphatic heterocycles. The molecular weight excluding hydrogens is 463 g/mol. The number of pyridine rings is 1. The van der Waals surface area contributed by atoms with Crippen LogP contribution in [0.1, 0.15) is 79.5 Å². The Morgan fingerprint density at radius 3 is 2.84 bits per heavy atom. The number of aromatic nitrogens is 3. The molecule has 0 spiro atoms. The van der Waals surface area contributed by atoms with Crippen LogP contribution in [0.3, 0.4) is 0 Å². The first-order valence-electron chi connectivity index (χ1n) is 13.8. The molecule has 5 nitrogen and oxygen atoms in total. The summed E-state index contributed by atoms with van der Waals surface area (Å²) in [5, 5.41) is 4.09. The molecule has 2 N–H and O–H groups in total. The number of benzene rings is 2. The van der Waals surface area contributed by atoms with Gasteiger partial charge in [0.2, 0.25) is 0 Å². The molecule has 6 heteroatoms. The molecule has 2 heterocycles. The van der Waals surface area contributed by atoms with E-state index in [1.807, 2.05) is 24.4 Å². The molecule has 3 aliphatic carbocycles. The van der Waals surface area contributed by atoms with E-state index in [1.54, 1.807) is 12.1 Å². The summed E-state index contributed by atoms with van der Waals surface area (Å²) >= 11 is 0.